The summed E-state index contributed by atoms with van der Waals surface area (Å²) in [5, 5.41) is 17.6. The van der Waals surface area contributed by atoms with Crippen molar-refractivity contribution in [1.82, 2.24) is 39.9 Å². The number of aryl methyl sites for hydroxylation is 2. The van der Waals surface area contributed by atoms with Gasteiger partial charge in [0.1, 0.15) is 35.9 Å². The van der Waals surface area contributed by atoms with Crippen LogP contribution in [0.5, 0.6) is 17.2 Å². The number of benzene rings is 2. The molecule has 0 unspecified atom stereocenters. The highest BCUT2D eigenvalue weighted by Gasteiger charge is 2.53. The van der Waals surface area contributed by atoms with Gasteiger partial charge in [-0.25, -0.2) is 9.37 Å². The Morgan fingerprint density at radius 2 is 1.59 bits per heavy atom. The molecule has 20 heteroatoms. The molecule has 3 aliphatic rings. The van der Waals surface area contributed by atoms with E-state index >= 15 is 0 Å². The number of hydrogen-bond donors (Lipinski definition) is 3. The molecule has 3 fully saturated rings. The van der Waals surface area contributed by atoms with E-state index in [1.54, 1.807) is 64.5 Å². The molecular formula is C54H69FN8O10S. The van der Waals surface area contributed by atoms with E-state index in [9.17, 15) is 28.7 Å². The van der Waals surface area contributed by atoms with Crippen LogP contribution in [-0.4, -0.2) is 162 Å². The lowest BCUT2D eigenvalue weighted by Gasteiger charge is -2.35. The summed E-state index contributed by atoms with van der Waals surface area (Å²) in [6.07, 6.45) is 4.41. The van der Waals surface area contributed by atoms with Gasteiger partial charge in [0.05, 0.1) is 73.8 Å². The number of piperazine rings is 1. The number of carbonyl (C=O) groups is 3. The van der Waals surface area contributed by atoms with Crippen molar-refractivity contribution in [3.63, 3.8) is 0 Å². The first-order valence-corrected chi connectivity index (χ1v) is 26.1. The summed E-state index contributed by atoms with van der Waals surface area (Å²) in [4.78, 5) is 68.9. The van der Waals surface area contributed by atoms with Crippen molar-refractivity contribution < 1.29 is 47.6 Å². The zero-order valence-electron chi connectivity index (χ0n) is 43.4. The van der Waals surface area contributed by atoms with Crippen LogP contribution in [0.15, 0.2) is 65.3 Å². The lowest BCUT2D eigenvalue weighted by molar-refractivity contribution is -0.145. The van der Waals surface area contributed by atoms with Crippen molar-refractivity contribution >= 4 is 39.8 Å². The van der Waals surface area contributed by atoms with Crippen molar-refractivity contribution in [3.05, 3.63) is 87.7 Å². The van der Waals surface area contributed by atoms with Crippen molar-refractivity contribution in [2.24, 2.45) is 12.5 Å². The van der Waals surface area contributed by atoms with Gasteiger partial charge in [0.15, 0.2) is 5.67 Å². The molecule has 8 rings (SSSR count). The predicted molar refractivity (Wildman–Crippen MR) is 279 cm³/mol. The van der Waals surface area contributed by atoms with Crippen LogP contribution in [0, 0.1) is 12.3 Å². The Bertz CT molecular complexity index is 2830. The maximum atomic E-state index is 14.7. The number of methoxy groups -OCH3 is 2. The Labute approximate surface area is 435 Å². The molecule has 3 aromatic heterocycles. The average molecular weight is 1040 g/mol. The lowest BCUT2D eigenvalue weighted by atomic mass is 9.85. The van der Waals surface area contributed by atoms with E-state index in [4.69, 9.17) is 23.7 Å². The molecular weight excluding hydrogens is 972 g/mol. The van der Waals surface area contributed by atoms with Crippen LogP contribution < -0.4 is 30.4 Å². The molecule has 5 heterocycles. The summed E-state index contributed by atoms with van der Waals surface area (Å²) in [5.74, 6) is 0.141. The normalized spacial score (nSPS) is 18.3. The van der Waals surface area contributed by atoms with Crippen LogP contribution in [0.4, 0.5) is 4.39 Å². The number of halogens is 1. The van der Waals surface area contributed by atoms with E-state index in [1.807, 2.05) is 49.5 Å². The Morgan fingerprint density at radius 3 is 2.26 bits per heavy atom. The summed E-state index contributed by atoms with van der Waals surface area (Å²) < 4.78 is 46.2. The van der Waals surface area contributed by atoms with Crippen LogP contribution >= 0.6 is 11.3 Å². The van der Waals surface area contributed by atoms with Crippen LogP contribution in [0.25, 0.3) is 32.3 Å². The molecule has 0 bridgehead atoms. The molecule has 18 nitrogen and oxygen atoms in total. The minimum atomic E-state index is -1.98. The van der Waals surface area contributed by atoms with Crippen LogP contribution in [-0.2, 0) is 44.0 Å². The number of thiazole rings is 1. The number of β-amino-alcohol motifs (C(OH)–C–C–N with tert-alkyl or cyclic N) is 1. The van der Waals surface area contributed by atoms with Crippen molar-refractivity contribution in [1.29, 1.82) is 0 Å². The van der Waals surface area contributed by atoms with Gasteiger partial charge >= 0.3 is 0 Å². The standard InChI is InChI=1S/C54H69FN8O10S/c1-34-47(74-33-58-34)35-8-9-36(28-57-49(65)43-27-38(64)30-63(43)51(67)48(53(2,3)4)59-52(68)54(55)11-12-54)44(24-35)73-23-22-72-21-20-71-19-18-61-14-16-62(17-15-61)32-42-45(69-6)25-37(26-46(42)70-7)41-31-60(5)50(66)40-29-56-13-10-39(40)41/h8-10,13,24-26,29,31,33,38,43,48,64H,11-12,14-23,27-28,30,32H2,1-7H3,(H,57,65)(H,59,68)/t38-,43+,48-/m1/s1. The van der Waals surface area contributed by atoms with E-state index in [2.05, 4.69) is 30.4 Å². The topological polar surface area (TPSA) is 199 Å². The number of nitrogens with one attached hydrogen (secondary N) is 2. The van der Waals surface area contributed by atoms with Crippen LogP contribution in [0.3, 0.4) is 0 Å². The van der Waals surface area contributed by atoms with E-state index < -0.39 is 47.0 Å². The number of carbonyl (C=O) groups excluding carboxylic acids is 3. The average Bonchev–Trinajstić information content (AvgIpc) is 3.80. The number of pyridine rings is 2. The number of alkyl halides is 1. The largest absolute Gasteiger partial charge is 0.496 e. The van der Waals surface area contributed by atoms with Gasteiger partial charge in [-0.05, 0) is 66.0 Å². The Hall–Kier alpha value is -6.03. The minimum absolute atomic E-state index is 0.0182. The van der Waals surface area contributed by atoms with Crippen molar-refractivity contribution in [2.75, 3.05) is 86.5 Å². The summed E-state index contributed by atoms with van der Waals surface area (Å²) in [6, 6.07) is 9.52. The minimum Gasteiger partial charge on any atom is -0.496 e. The first-order chi connectivity index (χ1) is 35.5. The van der Waals surface area contributed by atoms with Gasteiger partial charge in [-0.15, -0.1) is 11.3 Å². The molecule has 1 saturated carbocycles. The number of nitrogens with zero attached hydrogens (tertiary/aromatic N) is 6. The van der Waals surface area contributed by atoms with Gasteiger partial charge in [-0.1, -0.05) is 32.9 Å². The molecule has 74 heavy (non-hydrogen) atoms. The number of ether oxygens (including phenoxy) is 5. The zero-order chi connectivity index (χ0) is 52.7. The Balaban J connectivity index is 0.779. The fraction of sp³-hybridized carbons (Fsp3) is 0.519. The van der Waals surface area contributed by atoms with Gasteiger partial charge in [0, 0.05) is 95.5 Å². The summed E-state index contributed by atoms with van der Waals surface area (Å²) in [6.45, 7) is 14.1. The van der Waals surface area contributed by atoms with E-state index in [-0.39, 0.29) is 44.5 Å². The first kappa shape index (κ1) is 54.2. The second-order valence-corrected chi connectivity index (χ2v) is 21.2. The zero-order valence-corrected chi connectivity index (χ0v) is 44.2. The summed E-state index contributed by atoms with van der Waals surface area (Å²) >= 11 is 1.52. The highest BCUT2D eigenvalue weighted by atomic mass is 32.1. The van der Waals surface area contributed by atoms with E-state index in [1.165, 1.54) is 16.2 Å². The molecule has 5 aromatic rings. The number of amides is 3. The number of rotatable bonds is 22. The number of hydrogen-bond acceptors (Lipinski definition) is 15. The fourth-order valence-corrected chi connectivity index (χ4v) is 10.3. The number of aromatic nitrogens is 3. The molecule has 2 saturated heterocycles. The molecule has 0 radical (unpaired) electrons. The second-order valence-electron chi connectivity index (χ2n) is 20.4. The molecule has 398 valence electrons. The molecule has 0 spiro atoms. The summed E-state index contributed by atoms with van der Waals surface area (Å²) in [5.41, 5.74) is 4.14. The Kier molecular flexibility index (Phi) is 17.3. The predicted octanol–water partition coefficient (Wildman–Crippen LogP) is 4.89. The maximum absolute atomic E-state index is 14.7. The molecule has 2 aliphatic heterocycles. The highest BCUT2D eigenvalue weighted by molar-refractivity contribution is 7.13. The highest BCUT2D eigenvalue weighted by Crippen LogP contribution is 2.41. The fourth-order valence-electron chi connectivity index (χ4n) is 9.53. The molecule has 2 aromatic carbocycles. The third-order valence-electron chi connectivity index (χ3n) is 14.0. The van der Waals surface area contributed by atoms with Gasteiger partial charge < -0.3 is 48.9 Å². The lowest BCUT2D eigenvalue weighted by Crippen LogP contribution is -2.59. The molecule has 3 N–H and O–H groups in total. The molecule has 3 amide bonds. The summed E-state index contributed by atoms with van der Waals surface area (Å²) in [7, 11) is 5.07. The van der Waals surface area contributed by atoms with E-state index in [0.717, 1.165) is 82.4 Å². The number of fused-ring (bicyclic) bond motifs is 1. The molecule has 1 aliphatic carbocycles. The Morgan fingerprint density at radius 1 is 0.919 bits per heavy atom. The third-order valence-corrected chi connectivity index (χ3v) is 15.0. The van der Waals surface area contributed by atoms with Gasteiger partial charge in [0.25, 0.3) is 11.5 Å². The third kappa shape index (κ3) is 12.7. The first-order valence-electron chi connectivity index (χ1n) is 25.2. The molecule has 3 atom stereocenters. The van der Waals surface area contributed by atoms with Gasteiger partial charge in [-0.2, -0.15) is 0 Å². The number of aliphatic hydroxyl groups is 1. The monoisotopic (exact) mass is 1040 g/mol. The smallest absolute Gasteiger partial charge is 0.259 e. The number of likely N-dealkylation sites (tertiary alicyclic amines) is 1. The number of aliphatic hydroxyl groups excluding tert-OH is 1. The van der Waals surface area contributed by atoms with Crippen molar-refractivity contribution in [3.8, 4) is 38.8 Å². The van der Waals surface area contributed by atoms with Gasteiger partial charge in [-0.3, -0.25) is 34.0 Å². The second kappa shape index (κ2) is 23.7. The van der Waals surface area contributed by atoms with Crippen LogP contribution in [0.1, 0.15) is 56.9 Å². The van der Waals surface area contributed by atoms with Crippen LogP contribution in [0.2, 0.25) is 0 Å². The van der Waals surface area contributed by atoms with E-state index in [0.29, 0.717) is 49.7 Å². The van der Waals surface area contributed by atoms with Gasteiger partial charge in [0.2, 0.25) is 11.8 Å². The maximum Gasteiger partial charge on any atom is 0.259 e. The van der Waals surface area contributed by atoms with Crippen molar-refractivity contribution in [2.45, 2.75) is 83.9 Å². The quantitative estimate of drug-likeness (QED) is 0.0792. The SMILES string of the molecule is COc1cc(-c2cn(C)c(=O)c3cnccc23)cc(OC)c1CN1CCN(CCOCCOCCOc2cc(-c3scnc3C)ccc2CNC(=O)[C@@H]2C[C@@H](O)CN2C(=O)[C@@H](NC(=O)C2(F)CC2)C(C)(C)C)CC1.